The molecule has 166 valence electrons. The molecule has 1 unspecified atom stereocenters. The minimum absolute atomic E-state index is 0.0256. The van der Waals surface area contributed by atoms with E-state index in [4.69, 9.17) is 19.9 Å². The van der Waals surface area contributed by atoms with Crippen LogP contribution in [0, 0.1) is 17.1 Å². The van der Waals surface area contributed by atoms with Crippen LogP contribution in [0.5, 0.6) is 17.2 Å². The van der Waals surface area contributed by atoms with Gasteiger partial charge in [-0.1, -0.05) is 31.2 Å². The van der Waals surface area contributed by atoms with E-state index >= 15 is 0 Å². The number of hydrogen-bond acceptors (Lipinski definition) is 6. The van der Waals surface area contributed by atoms with Crippen molar-refractivity contribution in [2.24, 2.45) is 5.73 Å². The van der Waals surface area contributed by atoms with Crippen molar-refractivity contribution in [3.05, 3.63) is 101 Å². The fraction of sp³-hybridized carbons (Fsp3) is 0.154. The number of nitrogens with zero attached hydrogens (tertiary/aromatic N) is 1. The van der Waals surface area contributed by atoms with E-state index in [1.165, 1.54) is 24.3 Å². The van der Waals surface area contributed by atoms with Gasteiger partial charge in [0.25, 0.3) is 0 Å². The maximum Gasteiger partial charge on any atom is 0.343 e. The number of carbonyl (C=O) groups excluding carboxylic acids is 1. The Bertz CT molecular complexity index is 1260. The Morgan fingerprint density at radius 2 is 1.88 bits per heavy atom. The summed E-state index contributed by atoms with van der Waals surface area (Å²) in [5.41, 5.74) is 8.04. The normalized spacial score (nSPS) is 14.6. The third kappa shape index (κ3) is 4.51. The summed E-state index contributed by atoms with van der Waals surface area (Å²) in [4.78, 5) is 12.4. The summed E-state index contributed by atoms with van der Waals surface area (Å²) < 4.78 is 30.2. The quantitative estimate of drug-likeness (QED) is 0.422. The third-order valence-electron chi connectivity index (χ3n) is 5.17. The van der Waals surface area contributed by atoms with E-state index in [1.54, 1.807) is 18.2 Å². The van der Waals surface area contributed by atoms with Crippen molar-refractivity contribution in [3.8, 4) is 23.3 Å². The van der Waals surface area contributed by atoms with Crippen LogP contribution in [-0.2, 0) is 0 Å². The first-order valence-electron chi connectivity index (χ1n) is 10.4. The molecule has 0 spiro atoms. The van der Waals surface area contributed by atoms with Crippen molar-refractivity contribution >= 4 is 5.97 Å². The molecule has 0 bridgehead atoms. The second kappa shape index (κ2) is 9.45. The van der Waals surface area contributed by atoms with Gasteiger partial charge in [-0.2, -0.15) is 5.26 Å². The van der Waals surface area contributed by atoms with E-state index in [9.17, 15) is 14.4 Å². The molecule has 0 radical (unpaired) electrons. The van der Waals surface area contributed by atoms with Gasteiger partial charge in [-0.05, 0) is 42.8 Å². The Morgan fingerprint density at radius 1 is 1.12 bits per heavy atom. The van der Waals surface area contributed by atoms with Gasteiger partial charge >= 0.3 is 5.97 Å². The standard InChI is InChI=1S/C26H21FN2O4/c1-2-13-31-22-6-4-3-5-19(22)24-20-12-11-18(14-23(20)33-25(29)21(24)15-28)32-26(30)16-7-9-17(27)10-8-16/h3-12,14,24H,2,13,29H2,1H3. The van der Waals surface area contributed by atoms with Gasteiger partial charge in [-0.15, -0.1) is 0 Å². The summed E-state index contributed by atoms with van der Waals surface area (Å²) in [7, 11) is 0. The van der Waals surface area contributed by atoms with Gasteiger partial charge < -0.3 is 19.9 Å². The lowest BCUT2D eigenvalue weighted by Crippen LogP contribution is -2.21. The van der Waals surface area contributed by atoms with Crippen molar-refractivity contribution in [3.63, 3.8) is 0 Å². The lowest BCUT2D eigenvalue weighted by Gasteiger charge is -2.28. The number of fused-ring (bicyclic) bond motifs is 1. The number of halogens is 1. The maximum atomic E-state index is 13.1. The predicted octanol–water partition coefficient (Wildman–Crippen LogP) is 5.05. The molecule has 0 amide bonds. The lowest BCUT2D eigenvalue weighted by atomic mass is 9.83. The molecular formula is C26H21FN2O4. The fourth-order valence-corrected chi connectivity index (χ4v) is 3.63. The summed E-state index contributed by atoms with van der Waals surface area (Å²) >= 11 is 0. The SMILES string of the molecule is CCCOc1ccccc1C1C(C#N)=C(N)Oc2cc(OC(=O)c3ccc(F)cc3)ccc21. The molecule has 0 aliphatic carbocycles. The van der Waals surface area contributed by atoms with Crippen LogP contribution >= 0.6 is 0 Å². The molecule has 2 N–H and O–H groups in total. The average molecular weight is 444 g/mol. The second-order valence-electron chi connectivity index (χ2n) is 7.41. The first kappa shape index (κ1) is 21.9. The van der Waals surface area contributed by atoms with Crippen LogP contribution in [0.1, 0.15) is 40.7 Å². The molecule has 1 aliphatic heterocycles. The largest absolute Gasteiger partial charge is 0.493 e. The van der Waals surface area contributed by atoms with Gasteiger partial charge in [0.1, 0.15) is 34.7 Å². The van der Waals surface area contributed by atoms with Crippen LogP contribution in [-0.4, -0.2) is 12.6 Å². The monoisotopic (exact) mass is 444 g/mol. The molecule has 0 saturated heterocycles. The van der Waals surface area contributed by atoms with Gasteiger partial charge in [0.15, 0.2) is 0 Å². The Balaban J connectivity index is 1.70. The van der Waals surface area contributed by atoms with Crippen LogP contribution in [0.2, 0.25) is 0 Å². The van der Waals surface area contributed by atoms with Crippen LogP contribution in [0.3, 0.4) is 0 Å². The number of nitrogens with two attached hydrogens (primary N) is 1. The van der Waals surface area contributed by atoms with Crippen LogP contribution < -0.4 is 19.9 Å². The number of hydrogen-bond donors (Lipinski definition) is 1. The highest BCUT2D eigenvalue weighted by molar-refractivity contribution is 5.91. The Kier molecular flexibility index (Phi) is 6.27. The number of benzene rings is 3. The van der Waals surface area contributed by atoms with Crippen molar-refractivity contribution in [1.29, 1.82) is 5.26 Å². The highest BCUT2D eigenvalue weighted by atomic mass is 19.1. The number of nitriles is 1. The zero-order valence-corrected chi connectivity index (χ0v) is 17.9. The van der Waals surface area contributed by atoms with E-state index in [-0.39, 0.29) is 22.8 Å². The molecule has 0 fully saturated rings. The number of allylic oxidation sites excluding steroid dienone is 1. The molecule has 7 heteroatoms. The first-order chi connectivity index (χ1) is 16.0. The van der Waals surface area contributed by atoms with Gasteiger partial charge in [0.2, 0.25) is 5.88 Å². The topological polar surface area (TPSA) is 94.6 Å². The van der Waals surface area contributed by atoms with E-state index in [2.05, 4.69) is 6.07 Å². The van der Waals surface area contributed by atoms with Crippen molar-refractivity contribution in [2.45, 2.75) is 19.3 Å². The number of rotatable bonds is 6. The molecular weight excluding hydrogens is 423 g/mol. The third-order valence-corrected chi connectivity index (χ3v) is 5.17. The molecule has 1 heterocycles. The molecule has 0 aromatic heterocycles. The van der Waals surface area contributed by atoms with Crippen molar-refractivity contribution in [1.82, 2.24) is 0 Å². The molecule has 3 aromatic rings. The lowest BCUT2D eigenvalue weighted by molar-refractivity contribution is 0.0734. The van der Waals surface area contributed by atoms with E-state index in [0.29, 0.717) is 23.7 Å². The van der Waals surface area contributed by atoms with Crippen LogP contribution in [0.4, 0.5) is 4.39 Å². The Hall–Kier alpha value is -4.31. The predicted molar refractivity (Wildman–Crippen MR) is 119 cm³/mol. The number of ether oxygens (including phenoxy) is 3. The summed E-state index contributed by atoms with van der Waals surface area (Å²) in [5.74, 6) is -0.363. The van der Waals surface area contributed by atoms with Crippen LogP contribution in [0.15, 0.2) is 78.2 Å². The minimum atomic E-state index is -0.637. The van der Waals surface area contributed by atoms with Gasteiger partial charge in [-0.25, -0.2) is 9.18 Å². The molecule has 33 heavy (non-hydrogen) atoms. The summed E-state index contributed by atoms with van der Waals surface area (Å²) in [6.45, 7) is 2.55. The average Bonchev–Trinajstić information content (AvgIpc) is 2.82. The van der Waals surface area contributed by atoms with E-state index < -0.39 is 17.7 Å². The summed E-state index contributed by atoms with van der Waals surface area (Å²) in [5, 5.41) is 9.80. The first-order valence-corrected chi connectivity index (χ1v) is 10.4. The molecule has 0 saturated carbocycles. The van der Waals surface area contributed by atoms with Crippen molar-refractivity contribution in [2.75, 3.05) is 6.61 Å². The highest BCUT2D eigenvalue weighted by Gasteiger charge is 2.33. The maximum absolute atomic E-state index is 13.1. The minimum Gasteiger partial charge on any atom is -0.493 e. The zero-order valence-electron chi connectivity index (χ0n) is 17.9. The van der Waals surface area contributed by atoms with E-state index in [1.807, 2.05) is 31.2 Å². The van der Waals surface area contributed by atoms with Gasteiger partial charge in [0.05, 0.1) is 18.1 Å². The molecule has 4 rings (SSSR count). The van der Waals surface area contributed by atoms with Gasteiger partial charge in [0, 0.05) is 17.2 Å². The molecule has 1 atom stereocenters. The number of para-hydroxylation sites is 1. The number of carbonyl (C=O) groups is 1. The molecule has 6 nitrogen and oxygen atoms in total. The van der Waals surface area contributed by atoms with E-state index in [0.717, 1.165) is 12.0 Å². The summed E-state index contributed by atoms with van der Waals surface area (Å²) in [6, 6.07) is 19.6. The highest BCUT2D eigenvalue weighted by Crippen LogP contribution is 2.45. The Morgan fingerprint density at radius 3 is 2.61 bits per heavy atom. The van der Waals surface area contributed by atoms with Crippen LogP contribution in [0.25, 0.3) is 0 Å². The molecule has 1 aliphatic rings. The Labute approximate surface area is 190 Å². The zero-order chi connectivity index (χ0) is 23.4. The van der Waals surface area contributed by atoms with Gasteiger partial charge in [-0.3, -0.25) is 0 Å². The number of esters is 1. The fourth-order valence-electron chi connectivity index (χ4n) is 3.63. The molecule has 3 aromatic carbocycles. The summed E-state index contributed by atoms with van der Waals surface area (Å²) in [6.07, 6.45) is 0.838. The second-order valence-corrected chi connectivity index (χ2v) is 7.41. The smallest absolute Gasteiger partial charge is 0.343 e. The van der Waals surface area contributed by atoms with Crippen molar-refractivity contribution < 1.29 is 23.4 Å².